The Morgan fingerprint density at radius 1 is 1.29 bits per heavy atom. The standard InChI is InChI=1S/C16H15N7O/c1-22-14-8-10(5-6-12(14)19-21-22)16-18-15(20-24-16)11-9-17-23-7-3-2-4-13(11)23/h2-4,7,9-10H,5-6,8H2,1H3. The van der Waals surface area contributed by atoms with Crippen molar-refractivity contribution >= 4 is 5.52 Å². The number of aromatic nitrogens is 7. The fourth-order valence-electron chi connectivity index (χ4n) is 3.34. The van der Waals surface area contributed by atoms with Gasteiger partial charge >= 0.3 is 0 Å². The second kappa shape index (κ2) is 4.98. The maximum absolute atomic E-state index is 5.56. The summed E-state index contributed by atoms with van der Waals surface area (Å²) in [6.45, 7) is 0. The summed E-state index contributed by atoms with van der Waals surface area (Å²) in [4.78, 5) is 4.63. The molecule has 0 saturated carbocycles. The molecule has 0 amide bonds. The van der Waals surface area contributed by atoms with Crippen molar-refractivity contribution < 1.29 is 4.52 Å². The number of hydrogen-bond acceptors (Lipinski definition) is 6. The zero-order chi connectivity index (χ0) is 16.1. The molecule has 0 spiro atoms. The van der Waals surface area contributed by atoms with E-state index in [-0.39, 0.29) is 5.92 Å². The lowest BCUT2D eigenvalue weighted by molar-refractivity contribution is 0.338. The van der Waals surface area contributed by atoms with Gasteiger partial charge in [0.1, 0.15) is 0 Å². The Hall–Kier alpha value is -3.03. The summed E-state index contributed by atoms with van der Waals surface area (Å²) >= 11 is 0. The zero-order valence-electron chi connectivity index (χ0n) is 13.1. The second-order valence-corrected chi connectivity index (χ2v) is 6.09. The van der Waals surface area contributed by atoms with Crippen molar-refractivity contribution in [2.45, 2.75) is 25.2 Å². The number of fused-ring (bicyclic) bond motifs is 2. The van der Waals surface area contributed by atoms with Crippen LogP contribution in [-0.4, -0.2) is 34.7 Å². The molecule has 8 nitrogen and oxygen atoms in total. The maximum atomic E-state index is 5.56. The Morgan fingerprint density at radius 2 is 2.25 bits per heavy atom. The van der Waals surface area contributed by atoms with Crippen LogP contribution in [0.2, 0.25) is 0 Å². The Bertz CT molecular complexity index is 1030. The van der Waals surface area contributed by atoms with E-state index < -0.39 is 0 Å². The fourth-order valence-corrected chi connectivity index (χ4v) is 3.34. The van der Waals surface area contributed by atoms with Crippen molar-refractivity contribution in [2.24, 2.45) is 7.05 Å². The highest BCUT2D eigenvalue weighted by Gasteiger charge is 2.28. The highest BCUT2D eigenvalue weighted by Crippen LogP contribution is 2.32. The average molecular weight is 321 g/mol. The predicted molar refractivity (Wildman–Crippen MR) is 84.3 cm³/mol. The SMILES string of the molecule is Cn1nnc2c1CC(c1nc(-c3cnn4ccccc34)no1)CC2. The monoisotopic (exact) mass is 321 g/mol. The van der Waals surface area contributed by atoms with Gasteiger partial charge in [0.2, 0.25) is 11.7 Å². The molecule has 0 bridgehead atoms. The number of hydrogen-bond donors (Lipinski definition) is 0. The van der Waals surface area contributed by atoms with Gasteiger partial charge in [0, 0.05) is 25.6 Å². The topological polar surface area (TPSA) is 86.9 Å². The maximum Gasteiger partial charge on any atom is 0.230 e. The summed E-state index contributed by atoms with van der Waals surface area (Å²) in [7, 11) is 1.92. The Labute approximate surface area is 137 Å². The van der Waals surface area contributed by atoms with Crippen LogP contribution >= 0.6 is 0 Å². The van der Waals surface area contributed by atoms with Crippen LogP contribution < -0.4 is 0 Å². The van der Waals surface area contributed by atoms with E-state index in [4.69, 9.17) is 4.52 Å². The van der Waals surface area contributed by atoms with Crippen LogP contribution in [0.25, 0.3) is 16.9 Å². The molecular formula is C16H15N7O. The third-order valence-corrected chi connectivity index (χ3v) is 4.65. The van der Waals surface area contributed by atoms with E-state index in [0.717, 1.165) is 41.7 Å². The van der Waals surface area contributed by atoms with Crippen molar-refractivity contribution in [3.63, 3.8) is 0 Å². The molecule has 1 unspecified atom stereocenters. The van der Waals surface area contributed by atoms with Gasteiger partial charge in [-0.15, -0.1) is 5.10 Å². The normalized spacial score (nSPS) is 17.3. The highest BCUT2D eigenvalue weighted by molar-refractivity contribution is 5.75. The first-order chi connectivity index (χ1) is 11.8. The molecule has 0 radical (unpaired) electrons. The lowest BCUT2D eigenvalue weighted by Crippen LogP contribution is -2.15. The molecule has 8 heteroatoms. The summed E-state index contributed by atoms with van der Waals surface area (Å²) in [6.07, 6.45) is 6.34. The molecule has 1 aliphatic rings. The summed E-state index contributed by atoms with van der Waals surface area (Å²) in [5, 5.41) is 16.8. The lowest BCUT2D eigenvalue weighted by Gasteiger charge is -2.17. The van der Waals surface area contributed by atoms with Gasteiger partial charge in [-0.3, -0.25) is 4.68 Å². The van der Waals surface area contributed by atoms with Crippen LogP contribution in [0.1, 0.15) is 29.6 Å². The van der Waals surface area contributed by atoms with E-state index in [0.29, 0.717) is 11.7 Å². The summed E-state index contributed by atoms with van der Waals surface area (Å²) < 4.78 is 9.20. The Kier molecular flexibility index (Phi) is 2.79. The van der Waals surface area contributed by atoms with Crippen molar-refractivity contribution in [1.82, 2.24) is 34.7 Å². The largest absolute Gasteiger partial charge is 0.339 e. The third kappa shape index (κ3) is 1.96. The lowest BCUT2D eigenvalue weighted by atomic mass is 9.89. The quantitative estimate of drug-likeness (QED) is 0.559. The zero-order valence-corrected chi connectivity index (χ0v) is 13.1. The van der Waals surface area contributed by atoms with E-state index in [2.05, 4.69) is 25.6 Å². The van der Waals surface area contributed by atoms with Gasteiger partial charge in [-0.1, -0.05) is 16.4 Å². The Morgan fingerprint density at radius 3 is 3.21 bits per heavy atom. The van der Waals surface area contributed by atoms with E-state index in [1.54, 1.807) is 10.7 Å². The number of nitrogens with zero attached hydrogens (tertiary/aromatic N) is 7. The number of rotatable bonds is 2. The van der Waals surface area contributed by atoms with Crippen LogP contribution in [-0.2, 0) is 19.9 Å². The Balaban J connectivity index is 1.49. The second-order valence-electron chi connectivity index (χ2n) is 6.09. The molecule has 4 heterocycles. The molecule has 24 heavy (non-hydrogen) atoms. The molecular weight excluding hydrogens is 306 g/mol. The minimum absolute atomic E-state index is 0.206. The van der Waals surface area contributed by atoms with Gasteiger partial charge in [-0.2, -0.15) is 10.1 Å². The molecule has 0 N–H and O–H groups in total. The van der Waals surface area contributed by atoms with Crippen molar-refractivity contribution in [3.05, 3.63) is 47.9 Å². The van der Waals surface area contributed by atoms with E-state index in [9.17, 15) is 0 Å². The molecule has 0 aliphatic heterocycles. The predicted octanol–water partition coefficient (Wildman–Crippen LogP) is 1.79. The highest BCUT2D eigenvalue weighted by atomic mass is 16.5. The number of pyridine rings is 1. The molecule has 0 saturated heterocycles. The summed E-state index contributed by atoms with van der Waals surface area (Å²) in [6, 6.07) is 5.90. The molecule has 120 valence electrons. The molecule has 1 aliphatic carbocycles. The van der Waals surface area contributed by atoms with Gasteiger partial charge in [0.05, 0.1) is 28.7 Å². The molecule has 1 atom stereocenters. The minimum Gasteiger partial charge on any atom is -0.339 e. The van der Waals surface area contributed by atoms with Crippen molar-refractivity contribution in [2.75, 3.05) is 0 Å². The smallest absolute Gasteiger partial charge is 0.230 e. The van der Waals surface area contributed by atoms with E-state index in [1.165, 1.54) is 0 Å². The van der Waals surface area contributed by atoms with Gasteiger partial charge < -0.3 is 4.52 Å². The average Bonchev–Trinajstić information content (AvgIpc) is 3.33. The fraction of sp³-hybridized carbons (Fsp3) is 0.312. The first-order valence-corrected chi connectivity index (χ1v) is 7.93. The van der Waals surface area contributed by atoms with Crippen LogP contribution in [0.4, 0.5) is 0 Å². The first kappa shape index (κ1) is 13.4. The minimum atomic E-state index is 0.206. The number of aryl methyl sites for hydroxylation is 2. The van der Waals surface area contributed by atoms with E-state index >= 15 is 0 Å². The van der Waals surface area contributed by atoms with Gasteiger partial charge in [0.25, 0.3) is 0 Å². The van der Waals surface area contributed by atoms with Crippen LogP contribution in [0, 0.1) is 0 Å². The third-order valence-electron chi connectivity index (χ3n) is 4.65. The van der Waals surface area contributed by atoms with E-state index in [1.807, 2.05) is 36.1 Å². The molecule has 4 aromatic rings. The molecule has 0 fully saturated rings. The van der Waals surface area contributed by atoms with Crippen molar-refractivity contribution in [3.8, 4) is 11.4 Å². The summed E-state index contributed by atoms with van der Waals surface area (Å²) in [5.74, 6) is 1.46. The van der Waals surface area contributed by atoms with Gasteiger partial charge in [0.15, 0.2) is 0 Å². The van der Waals surface area contributed by atoms with Gasteiger partial charge in [-0.05, 0) is 25.0 Å². The molecule has 4 aromatic heterocycles. The van der Waals surface area contributed by atoms with Crippen LogP contribution in [0.3, 0.4) is 0 Å². The van der Waals surface area contributed by atoms with Gasteiger partial charge in [-0.25, -0.2) is 4.52 Å². The first-order valence-electron chi connectivity index (χ1n) is 7.93. The molecule has 5 rings (SSSR count). The van der Waals surface area contributed by atoms with Crippen molar-refractivity contribution in [1.29, 1.82) is 0 Å². The van der Waals surface area contributed by atoms with Crippen LogP contribution in [0.15, 0.2) is 35.1 Å². The van der Waals surface area contributed by atoms with Crippen LogP contribution in [0.5, 0.6) is 0 Å². The summed E-state index contributed by atoms with van der Waals surface area (Å²) in [5.41, 5.74) is 4.08. The molecule has 0 aromatic carbocycles.